The largest absolute Gasteiger partial charge is 0.342 e. The third-order valence-electron chi connectivity index (χ3n) is 6.72. The van der Waals surface area contributed by atoms with E-state index in [-0.39, 0.29) is 21.5 Å². The van der Waals surface area contributed by atoms with E-state index in [9.17, 15) is 4.79 Å². The highest BCUT2D eigenvalue weighted by atomic mass is 32.2. The van der Waals surface area contributed by atoms with E-state index < -0.39 is 0 Å². The van der Waals surface area contributed by atoms with E-state index in [1.165, 1.54) is 22.9 Å². The first-order valence-electron chi connectivity index (χ1n) is 6.34. The summed E-state index contributed by atoms with van der Waals surface area (Å²) in [5.41, 5.74) is 3.46. The summed E-state index contributed by atoms with van der Waals surface area (Å²) < 4.78 is 0. The number of amides is 1. The van der Waals surface area contributed by atoms with Crippen molar-refractivity contribution in [1.29, 1.82) is 0 Å². The zero-order valence-corrected chi connectivity index (χ0v) is 12.3. The Kier molecular flexibility index (Phi) is 1.89. The third kappa shape index (κ3) is 0.864. The van der Waals surface area contributed by atoms with Crippen molar-refractivity contribution in [2.75, 3.05) is 0 Å². The minimum atomic E-state index is 0.107. The molecule has 0 spiro atoms. The Morgan fingerprint density at radius 1 is 1.06 bits per heavy atom. The number of allylic oxidation sites excluding steroid dienone is 1. The lowest BCUT2D eigenvalue weighted by atomic mass is 9.62. The maximum absolute atomic E-state index is 11.7. The van der Waals surface area contributed by atoms with Crippen LogP contribution in [0.5, 0.6) is 0 Å². The van der Waals surface area contributed by atoms with Crippen LogP contribution in [0.1, 0.15) is 41.5 Å². The Balaban J connectivity index is 2.28. The molecule has 2 bridgehead atoms. The number of rotatable bonds is 0. The average molecular weight is 251 g/mol. The molecule has 1 saturated heterocycles. The quantitative estimate of drug-likeness (QED) is 0.667. The molecule has 3 heteroatoms. The predicted molar refractivity (Wildman–Crippen MR) is 72.1 cm³/mol. The number of carbonyl (C=O) groups is 1. The summed E-state index contributed by atoms with van der Waals surface area (Å²) in [6.07, 6.45) is 0. The van der Waals surface area contributed by atoms with Crippen LogP contribution in [-0.4, -0.2) is 16.5 Å². The van der Waals surface area contributed by atoms with E-state index in [0.29, 0.717) is 11.3 Å². The van der Waals surface area contributed by atoms with Crippen molar-refractivity contribution in [1.82, 2.24) is 5.32 Å². The van der Waals surface area contributed by atoms with E-state index >= 15 is 0 Å². The summed E-state index contributed by atoms with van der Waals surface area (Å²) in [5, 5.41) is 3.77. The molecule has 2 nitrogen and oxygen atoms in total. The summed E-state index contributed by atoms with van der Waals surface area (Å²) in [6.45, 7) is 14.0. The maximum Gasteiger partial charge on any atom is 0.279 e. The third-order valence-corrected chi connectivity index (χ3v) is 8.05. The van der Waals surface area contributed by atoms with E-state index in [1.807, 2.05) is 0 Å². The van der Waals surface area contributed by atoms with Gasteiger partial charge in [-0.25, -0.2) is 0 Å². The van der Waals surface area contributed by atoms with Crippen molar-refractivity contribution in [3.63, 3.8) is 0 Å². The molecule has 0 aromatic heterocycles. The SMILES string of the molecule is CC1=C(C)[C@]2(C)[C@@H]3SC(=O)N[C@@H]3[C@@]1(C)C2(C)C. The van der Waals surface area contributed by atoms with Gasteiger partial charge in [0, 0.05) is 16.1 Å². The molecule has 1 heterocycles. The van der Waals surface area contributed by atoms with Crippen LogP contribution in [0.15, 0.2) is 11.1 Å². The lowest BCUT2D eigenvalue weighted by Crippen LogP contribution is -2.46. The van der Waals surface area contributed by atoms with Crippen molar-refractivity contribution >= 4 is 17.0 Å². The summed E-state index contributed by atoms with van der Waals surface area (Å²) in [6, 6.07) is 0.309. The van der Waals surface area contributed by atoms with Crippen LogP contribution in [0.3, 0.4) is 0 Å². The van der Waals surface area contributed by atoms with Gasteiger partial charge in [0.2, 0.25) is 0 Å². The van der Waals surface area contributed by atoms with E-state index in [1.54, 1.807) is 0 Å². The van der Waals surface area contributed by atoms with Crippen LogP contribution in [0.4, 0.5) is 4.79 Å². The lowest BCUT2D eigenvalue weighted by molar-refractivity contribution is 0.101. The predicted octanol–water partition coefficient (Wildman–Crippen LogP) is 3.58. The molecule has 2 fully saturated rings. The Hall–Kier alpha value is -0.440. The molecule has 0 aromatic rings. The second kappa shape index (κ2) is 2.76. The molecule has 4 atom stereocenters. The summed E-state index contributed by atoms with van der Waals surface area (Å²) in [7, 11) is 0. The second-order valence-corrected chi connectivity index (χ2v) is 7.84. The topological polar surface area (TPSA) is 29.1 Å². The Morgan fingerprint density at radius 3 is 2.18 bits per heavy atom. The number of nitrogens with one attached hydrogen (secondary N) is 1. The number of hydrogen-bond donors (Lipinski definition) is 1. The van der Waals surface area contributed by atoms with Gasteiger partial charge in [0.15, 0.2) is 0 Å². The van der Waals surface area contributed by atoms with Crippen LogP contribution < -0.4 is 5.32 Å². The highest BCUT2D eigenvalue weighted by Crippen LogP contribution is 2.76. The minimum absolute atomic E-state index is 0.107. The monoisotopic (exact) mass is 251 g/mol. The normalized spacial score (nSPS) is 50.8. The molecule has 17 heavy (non-hydrogen) atoms. The van der Waals surface area contributed by atoms with Crippen LogP contribution in [0.25, 0.3) is 0 Å². The molecule has 3 rings (SSSR count). The minimum Gasteiger partial charge on any atom is -0.342 e. The number of hydrogen-bond acceptors (Lipinski definition) is 2. The van der Waals surface area contributed by atoms with Crippen molar-refractivity contribution in [3.8, 4) is 0 Å². The molecular weight excluding hydrogens is 230 g/mol. The van der Waals surface area contributed by atoms with Gasteiger partial charge in [-0.2, -0.15) is 0 Å². The van der Waals surface area contributed by atoms with Gasteiger partial charge in [0.1, 0.15) is 0 Å². The van der Waals surface area contributed by atoms with Crippen LogP contribution in [0, 0.1) is 16.2 Å². The molecule has 0 aromatic carbocycles. The number of carbonyl (C=O) groups excluding carboxylic acids is 1. The fraction of sp³-hybridized carbons (Fsp3) is 0.786. The fourth-order valence-corrected chi connectivity index (χ4v) is 6.37. The molecule has 0 unspecified atom stereocenters. The molecule has 3 aliphatic rings. The molecule has 1 amide bonds. The van der Waals surface area contributed by atoms with Gasteiger partial charge in [0.05, 0.1) is 6.04 Å². The molecule has 94 valence electrons. The van der Waals surface area contributed by atoms with Gasteiger partial charge in [-0.05, 0) is 19.3 Å². The summed E-state index contributed by atoms with van der Waals surface area (Å²) in [4.78, 5) is 11.7. The Morgan fingerprint density at radius 2 is 1.59 bits per heavy atom. The Labute approximate surface area is 108 Å². The smallest absolute Gasteiger partial charge is 0.279 e. The van der Waals surface area contributed by atoms with E-state index in [2.05, 4.69) is 46.9 Å². The standard InChI is InChI=1S/C14H21NOS/c1-7-8(2)14(6)10-9(15-11(16)17-10)13(7,5)12(14,3)4/h9-10H,1-6H3,(H,15,16)/t9-,10+,13-,14+/m0/s1. The summed E-state index contributed by atoms with van der Waals surface area (Å²) in [5.74, 6) is 0. The van der Waals surface area contributed by atoms with Gasteiger partial charge in [-0.1, -0.05) is 50.6 Å². The van der Waals surface area contributed by atoms with E-state index in [0.717, 1.165) is 0 Å². The van der Waals surface area contributed by atoms with Gasteiger partial charge in [-0.15, -0.1) is 0 Å². The summed E-state index contributed by atoms with van der Waals surface area (Å²) >= 11 is 1.52. The van der Waals surface area contributed by atoms with Crippen LogP contribution in [0.2, 0.25) is 0 Å². The lowest BCUT2D eigenvalue weighted by Gasteiger charge is -2.42. The van der Waals surface area contributed by atoms with Gasteiger partial charge in [-0.3, -0.25) is 4.79 Å². The first kappa shape index (κ1) is 11.6. The zero-order valence-electron chi connectivity index (χ0n) is 11.5. The van der Waals surface area contributed by atoms with Gasteiger partial charge in [0.25, 0.3) is 5.24 Å². The first-order chi connectivity index (χ1) is 7.69. The maximum atomic E-state index is 11.7. The van der Waals surface area contributed by atoms with Crippen LogP contribution >= 0.6 is 11.8 Å². The highest BCUT2D eigenvalue weighted by molar-refractivity contribution is 8.14. The van der Waals surface area contributed by atoms with Crippen molar-refractivity contribution < 1.29 is 4.79 Å². The van der Waals surface area contributed by atoms with Crippen molar-refractivity contribution in [3.05, 3.63) is 11.1 Å². The molecule has 1 aliphatic heterocycles. The van der Waals surface area contributed by atoms with Gasteiger partial charge >= 0.3 is 0 Å². The fourth-order valence-electron chi connectivity index (χ4n) is 4.77. The molecule has 1 saturated carbocycles. The van der Waals surface area contributed by atoms with Crippen molar-refractivity contribution in [2.24, 2.45) is 16.2 Å². The van der Waals surface area contributed by atoms with Crippen LogP contribution in [-0.2, 0) is 0 Å². The molecule has 2 aliphatic carbocycles. The first-order valence-corrected chi connectivity index (χ1v) is 7.22. The zero-order chi connectivity index (χ0) is 12.8. The highest BCUT2D eigenvalue weighted by Gasteiger charge is 2.75. The van der Waals surface area contributed by atoms with Crippen molar-refractivity contribution in [2.45, 2.75) is 52.8 Å². The number of thioether (sulfide) groups is 1. The number of fused-ring (bicyclic) bond motifs is 5. The average Bonchev–Trinajstić information content (AvgIpc) is 2.72. The Bertz CT molecular complexity index is 429. The second-order valence-electron chi connectivity index (χ2n) is 6.73. The molecule has 1 N–H and O–H groups in total. The molecular formula is C14H21NOS. The van der Waals surface area contributed by atoms with E-state index in [4.69, 9.17) is 0 Å². The molecule has 0 radical (unpaired) electrons. The van der Waals surface area contributed by atoms with Gasteiger partial charge < -0.3 is 5.32 Å².